The first-order valence-electron chi connectivity index (χ1n) is 6.44. The van der Waals surface area contributed by atoms with Gasteiger partial charge in [0.1, 0.15) is 0 Å². The van der Waals surface area contributed by atoms with E-state index >= 15 is 0 Å². The molecule has 0 aromatic heterocycles. The fraction of sp³-hybridized carbons (Fsp3) is 0.923. The second kappa shape index (κ2) is 2.41. The Hall–Kier alpha value is -0.530. The van der Waals surface area contributed by atoms with Crippen molar-refractivity contribution in [2.45, 2.75) is 44.6 Å². The maximum atomic E-state index is 11.9. The largest absolute Gasteiger partial charge is 0.342 e. The van der Waals surface area contributed by atoms with Crippen LogP contribution in [0.2, 0.25) is 0 Å². The minimum absolute atomic E-state index is 0.424. The third kappa shape index (κ3) is 0.896. The standard InChI is InChI=1S/C13H19NO/c1-14-11(15)7-13-5-8-2-9(6-13)4-10(3-8)12(13)14/h8-10,12H,2-7H2,1H3. The van der Waals surface area contributed by atoms with Crippen molar-refractivity contribution in [3.8, 4) is 0 Å². The Kier molecular flexibility index (Phi) is 1.38. The Morgan fingerprint density at radius 2 is 1.87 bits per heavy atom. The van der Waals surface area contributed by atoms with E-state index < -0.39 is 0 Å². The van der Waals surface area contributed by atoms with Crippen molar-refractivity contribution in [3.63, 3.8) is 0 Å². The van der Waals surface area contributed by atoms with Crippen LogP contribution in [0.15, 0.2) is 0 Å². The summed E-state index contributed by atoms with van der Waals surface area (Å²) < 4.78 is 0. The maximum Gasteiger partial charge on any atom is 0.223 e. The van der Waals surface area contributed by atoms with E-state index in [-0.39, 0.29) is 0 Å². The number of carbonyl (C=O) groups is 1. The van der Waals surface area contributed by atoms with Crippen molar-refractivity contribution < 1.29 is 4.79 Å². The van der Waals surface area contributed by atoms with E-state index in [0.717, 1.165) is 24.2 Å². The van der Waals surface area contributed by atoms with Crippen LogP contribution in [0.5, 0.6) is 0 Å². The number of nitrogens with zero attached hydrogens (tertiary/aromatic N) is 1. The number of rotatable bonds is 0. The highest BCUT2D eigenvalue weighted by atomic mass is 16.2. The monoisotopic (exact) mass is 205 g/mol. The predicted molar refractivity (Wildman–Crippen MR) is 57.2 cm³/mol. The van der Waals surface area contributed by atoms with E-state index in [2.05, 4.69) is 4.90 Å². The van der Waals surface area contributed by atoms with Crippen LogP contribution in [0.1, 0.15) is 38.5 Å². The molecule has 5 aliphatic rings. The third-order valence-corrected chi connectivity index (χ3v) is 5.72. The average molecular weight is 205 g/mol. The van der Waals surface area contributed by atoms with Crippen LogP contribution >= 0.6 is 0 Å². The lowest BCUT2D eigenvalue weighted by Gasteiger charge is -2.59. The molecule has 1 saturated heterocycles. The lowest BCUT2D eigenvalue weighted by atomic mass is 9.47. The van der Waals surface area contributed by atoms with Gasteiger partial charge in [-0.3, -0.25) is 4.79 Å². The second-order valence-electron chi connectivity index (χ2n) is 6.60. The van der Waals surface area contributed by atoms with Gasteiger partial charge in [0.15, 0.2) is 0 Å². The highest BCUT2D eigenvalue weighted by Gasteiger charge is 2.62. The van der Waals surface area contributed by atoms with Crippen molar-refractivity contribution in [3.05, 3.63) is 0 Å². The molecule has 3 atom stereocenters. The van der Waals surface area contributed by atoms with Crippen LogP contribution < -0.4 is 0 Å². The lowest BCUT2D eigenvalue weighted by molar-refractivity contribution is -0.129. The van der Waals surface area contributed by atoms with Gasteiger partial charge in [0.05, 0.1) is 0 Å². The molecule has 0 aromatic carbocycles. The molecule has 15 heavy (non-hydrogen) atoms. The van der Waals surface area contributed by atoms with Gasteiger partial charge in [-0.05, 0) is 49.9 Å². The van der Waals surface area contributed by atoms with E-state index in [1.807, 2.05) is 7.05 Å². The lowest BCUT2D eigenvalue weighted by Crippen LogP contribution is -2.56. The number of likely N-dealkylation sites (tertiary alicyclic amines) is 1. The van der Waals surface area contributed by atoms with Crippen LogP contribution in [0.4, 0.5) is 0 Å². The van der Waals surface area contributed by atoms with E-state index in [0.29, 0.717) is 17.4 Å². The first-order chi connectivity index (χ1) is 7.18. The minimum Gasteiger partial charge on any atom is -0.342 e. The Morgan fingerprint density at radius 3 is 2.53 bits per heavy atom. The van der Waals surface area contributed by atoms with Crippen LogP contribution in [-0.2, 0) is 4.79 Å². The van der Waals surface area contributed by atoms with Crippen LogP contribution in [0.25, 0.3) is 0 Å². The average Bonchev–Trinajstić information content (AvgIpc) is 2.37. The van der Waals surface area contributed by atoms with Gasteiger partial charge in [-0.15, -0.1) is 0 Å². The van der Waals surface area contributed by atoms with Gasteiger partial charge in [0.25, 0.3) is 0 Å². The summed E-state index contributed by atoms with van der Waals surface area (Å²) in [7, 11) is 2.05. The molecule has 82 valence electrons. The Morgan fingerprint density at radius 1 is 1.20 bits per heavy atom. The van der Waals surface area contributed by atoms with Gasteiger partial charge in [-0.1, -0.05) is 0 Å². The van der Waals surface area contributed by atoms with Crippen molar-refractivity contribution in [1.29, 1.82) is 0 Å². The summed E-state index contributed by atoms with van der Waals surface area (Å²) in [5.74, 6) is 3.22. The molecule has 4 saturated carbocycles. The summed E-state index contributed by atoms with van der Waals surface area (Å²) in [5, 5.41) is 0. The van der Waals surface area contributed by atoms with Crippen LogP contribution in [0.3, 0.4) is 0 Å². The molecule has 1 amide bonds. The molecule has 3 unspecified atom stereocenters. The molecule has 2 heteroatoms. The summed E-state index contributed by atoms with van der Waals surface area (Å²) in [6.45, 7) is 0. The molecule has 1 heterocycles. The zero-order valence-corrected chi connectivity index (χ0v) is 9.41. The molecule has 5 fully saturated rings. The zero-order valence-electron chi connectivity index (χ0n) is 9.41. The molecular weight excluding hydrogens is 186 g/mol. The van der Waals surface area contributed by atoms with Gasteiger partial charge in [-0.25, -0.2) is 0 Å². The quantitative estimate of drug-likeness (QED) is 0.592. The second-order valence-corrected chi connectivity index (χ2v) is 6.60. The van der Waals surface area contributed by atoms with E-state index in [1.165, 1.54) is 32.1 Å². The van der Waals surface area contributed by atoms with Gasteiger partial charge >= 0.3 is 0 Å². The van der Waals surface area contributed by atoms with Gasteiger partial charge in [-0.2, -0.15) is 0 Å². The molecule has 1 spiro atoms. The molecule has 4 aliphatic carbocycles. The molecule has 1 aliphatic heterocycles. The number of hydrogen-bond donors (Lipinski definition) is 0. The van der Waals surface area contributed by atoms with Crippen LogP contribution in [0, 0.1) is 23.2 Å². The first-order valence-corrected chi connectivity index (χ1v) is 6.44. The number of hydrogen-bond acceptors (Lipinski definition) is 1. The fourth-order valence-corrected chi connectivity index (χ4v) is 5.74. The van der Waals surface area contributed by atoms with Crippen molar-refractivity contribution in [2.75, 3.05) is 7.05 Å². The summed E-state index contributed by atoms with van der Waals surface area (Å²) in [4.78, 5) is 14.0. The highest BCUT2D eigenvalue weighted by Crippen LogP contribution is 2.64. The van der Waals surface area contributed by atoms with E-state index in [4.69, 9.17) is 0 Å². The van der Waals surface area contributed by atoms with E-state index in [9.17, 15) is 4.79 Å². The van der Waals surface area contributed by atoms with Crippen molar-refractivity contribution in [1.82, 2.24) is 4.90 Å². The molecule has 5 rings (SSSR count). The van der Waals surface area contributed by atoms with Crippen molar-refractivity contribution >= 4 is 5.91 Å². The summed E-state index contributed by atoms with van der Waals surface area (Å²) in [5.41, 5.74) is 0.431. The van der Waals surface area contributed by atoms with Gasteiger partial charge < -0.3 is 4.90 Å². The van der Waals surface area contributed by atoms with E-state index in [1.54, 1.807) is 0 Å². The normalized spacial score (nSPS) is 56.3. The zero-order chi connectivity index (χ0) is 10.2. The molecule has 0 N–H and O–H groups in total. The fourth-order valence-electron chi connectivity index (χ4n) is 5.74. The molecular formula is C13H19NO. The summed E-state index contributed by atoms with van der Waals surface area (Å²) in [6, 6.07) is 0.623. The predicted octanol–water partition coefficient (Wildman–Crippen LogP) is 2.04. The summed E-state index contributed by atoms with van der Waals surface area (Å²) in [6.07, 6.45) is 7.91. The first kappa shape index (κ1) is 8.60. The Bertz CT molecular complexity index is 323. The van der Waals surface area contributed by atoms with Gasteiger partial charge in [0.2, 0.25) is 5.91 Å². The number of carbonyl (C=O) groups excluding carboxylic acids is 1. The van der Waals surface area contributed by atoms with Crippen LogP contribution in [-0.4, -0.2) is 23.9 Å². The van der Waals surface area contributed by atoms with Gasteiger partial charge in [0, 0.05) is 24.9 Å². The minimum atomic E-state index is 0.424. The summed E-state index contributed by atoms with van der Waals surface area (Å²) >= 11 is 0. The topological polar surface area (TPSA) is 20.3 Å². The SMILES string of the molecule is CN1C(=O)CC23CC4CC(CC(C4)C12)C3. The number of amides is 1. The smallest absolute Gasteiger partial charge is 0.223 e. The van der Waals surface area contributed by atoms with Crippen molar-refractivity contribution in [2.24, 2.45) is 23.2 Å². The third-order valence-electron chi connectivity index (χ3n) is 5.72. The molecule has 4 bridgehead atoms. The maximum absolute atomic E-state index is 11.9. The molecule has 0 radical (unpaired) electrons. The molecule has 2 nitrogen and oxygen atoms in total. The molecule has 0 aromatic rings. The Balaban J connectivity index is 1.81. The Labute approximate surface area is 91.0 Å². The highest BCUT2D eigenvalue weighted by molar-refractivity contribution is 5.80.